The lowest BCUT2D eigenvalue weighted by Gasteiger charge is -2.22. The minimum absolute atomic E-state index is 0.0314. The molecule has 2 unspecified atom stereocenters. The average Bonchev–Trinajstić information content (AvgIpc) is 2.44. The van der Waals surface area contributed by atoms with Crippen LogP contribution < -0.4 is 5.32 Å². The van der Waals surface area contributed by atoms with Gasteiger partial charge in [0.15, 0.2) is 0 Å². The third-order valence-corrected chi connectivity index (χ3v) is 3.80. The number of nitrogens with one attached hydrogen (secondary N) is 1. The minimum atomic E-state index is -0.0314. The summed E-state index contributed by atoms with van der Waals surface area (Å²) in [7, 11) is 0. The van der Waals surface area contributed by atoms with E-state index < -0.39 is 0 Å². The SMILES string of the molecule is Cc1ccccc1CC(C)NC(C)c1cc(O)ccc1O. The van der Waals surface area contributed by atoms with E-state index in [2.05, 4.69) is 37.4 Å². The highest BCUT2D eigenvalue weighted by atomic mass is 16.3. The zero-order chi connectivity index (χ0) is 15.4. The van der Waals surface area contributed by atoms with Crippen LogP contribution in [0.1, 0.15) is 36.6 Å². The first-order valence-corrected chi connectivity index (χ1v) is 7.30. The number of phenolic OH excluding ortho intramolecular Hbond substituents is 2. The van der Waals surface area contributed by atoms with Gasteiger partial charge in [-0.25, -0.2) is 0 Å². The van der Waals surface area contributed by atoms with Crippen LogP contribution in [0.15, 0.2) is 42.5 Å². The van der Waals surface area contributed by atoms with Crippen molar-refractivity contribution in [2.45, 2.75) is 39.3 Å². The van der Waals surface area contributed by atoms with E-state index in [1.165, 1.54) is 23.3 Å². The predicted molar refractivity (Wildman–Crippen MR) is 85.7 cm³/mol. The van der Waals surface area contributed by atoms with Crippen LogP contribution in [0.25, 0.3) is 0 Å². The molecule has 2 rings (SSSR count). The molecule has 2 aromatic carbocycles. The van der Waals surface area contributed by atoms with Crippen molar-refractivity contribution in [3.05, 3.63) is 59.2 Å². The second kappa shape index (κ2) is 6.64. The number of aromatic hydroxyl groups is 2. The summed E-state index contributed by atoms with van der Waals surface area (Å²) in [4.78, 5) is 0. The largest absolute Gasteiger partial charge is 0.508 e. The van der Waals surface area contributed by atoms with Gasteiger partial charge in [0.25, 0.3) is 0 Å². The van der Waals surface area contributed by atoms with Gasteiger partial charge in [-0.15, -0.1) is 0 Å². The van der Waals surface area contributed by atoms with Crippen molar-refractivity contribution in [3.8, 4) is 11.5 Å². The van der Waals surface area contributed by atoms with E-state index in [1.54, 1.807) is 6.07 Å². The highest BCUT2D eigenvalue weighted by Gasteiger charge is 2.14. The fourth-order valence-electron chi connectivity index (χ4n) is 2.63. The Labute approximate surface area is 126 Å². The van der Waals surface area contributed by atoms with E-state index in [0.29, 0.717) is 5.56 Å². The summed E-state index contributed by atoms with van der Waals surface area (Å²) in [6.45, 7) is 6.23. The maximum Gasteiger partial charge on any atom is 0.120 e. The Morgan fingerprint density at radius 3 is 2.48 bits per heavy atom. The zero-order valence-corrected chi connectivity index (χ0v) is 12.8. The van der Waals surface area contributed by atoms with Crippen LogP contribution in [-0.2, 0) is 6.42 Å². The van der Waals surface area contributed by atoms with Gasteiger partial charge in [-0.05, 0) is 56.5 Å². The first kappa shape index (κ1) is 15.4. The van der Waals surface area contributed by atoms with E-state index in [-0.39, 0.29) is 23.6 Å². The number of phenols is 2. The number of benzene rings is 2. The summed E-state index contributed by atoms with van der Waals surface area (Å²) in [5.41, 5.74) is 3.33. The van der Waals surface area contributed by atoms with Gasteiger partial charge >= 0.3 is 0 Å². The van der Waals surface area contributed by atoms with Gasteiger partial charge in [0, 0.05) is 17.6 Å². The van der Waals surface area contributed by atoms with Gasteiger partial charge in [-0.1, -0.05) is 24.3 Å². The van der Waals surface area contributed by atoms with Crippen molar-refractivity contribution in [1.82, 2.24) is 5.32 Å². The lowest BCUT2D eigenvalue weighted by molar-refractivity contribution is 0.425. The molecule has 0 aliphatic heterocycles. The predicted octanol–water partition coefficient (Wildman–Crippen LogP) is 3.69. The minimum Gasteiger partial charge on any atom is -0.508 e. The Morgan fingerprint density at radius 2 is 1.76 bits per heavy atom. The van der Waals surface area contributed by atoms with Crippen LogP contribution in [0.3, 0.4) is 0 Å². The Bertz CT molecular complexity index is 610. The fourth-order valence-corrected chi connectivity index (χ4v) is 2.63. The van der Waals surface area contributed by atoms with Crippen LogP contribution in [0, 0.1) is 6.92 Å². The van der Waals surface area contributed by atoms with E-state index in [9.17, 15) is 10.2 Å². The molecule has 0 fully saturated rings. The lowest BCUT2D eigenvalue weighted by Crippen LogP contribution is -2.31. The van der Waals surface area contributed by atoms with Crippen LogP contribution >= 0.6 is 0 Å². The van der Waals surface area contributed by atoms with Crippen molar-refractivity contribution in [2.75, 3.05) is 0 Å². The van der Waals surface area contributed by atoms with Crippen molar-refractivity contribution in [2.24, 2.45) is 0 Å². The van der Waals surface area contributed by atoms with Gasteiger partial charge in [-0.3, -0.25) is 0 Å². The van der Waals surface area contributed by atoms with Gasteiger partial charge in [0.2, 0.25) is 0 Å². The molecule has 0 aliphatic carbocycles. The Morgan fingerprint density at radius 1 is 1.05 bits per heavy atom. The topological polar surface area (TPSA) is 52.5 Å². The third-order valence-electron chi connectivity index (χ3n) is 3.80. The number of hydrogen-bond donors (Lipinski definition) is 3. The highest BCUT2D eigenvalue weighted by molar-refractivity contribution is 5.40. The summed E-state index contributed by atoms with van der Waals surface area (Å²) in [6.07, 6.45) is 0.927. The summed E-state index contributed by atoms with van der Waals surface area (Å²) >= 11 is 0. The average molecular weight is 285 g/mol. The van der Waals surface area contributed by atoms with Crippen LogP contribution in [0.2, 0.25) is 0 Å². The molecule has 0 bridgehead atoms. The van der Waals surface area contributed by atoms with Crippen LogP contribution in [0.5, 0.6) is 11.5 Å². The lowest BCUT2D eigenvalue weighted by atomic mass is 10.00. The molecular weight excluding hydrogens is 262 g/mol. The molecule has 0 radical (unpaired) electrons. The van der Waals surface area contributed by atoms with E-state index >= 15 is 0 Å². The molecular formula is C18H23NO2. The van der Waals surface area contributed by atoms with E-state index in [1.807, 2.05) is 13.0 Å². The monoisotopic (exact) mass is 285 g/mol. The smallest absolute Gasteiger partial charge is 0.120 e. The molecule has 0 saturated heterocycles. The van der Waals surface area contributed by atoms with E-state index in [0.717, 1.165) is 6.42 Å². The van der Waals surface area contributed by atoms with Crippen molar-refractivity contribution in [1.29, 1.82) is 0 Å². The maximum absolute atomic E-state index is 9.90. The molecule has 0 saturated carbocycles. The standard InChI is InChI=1S/C18H23NO2/c1-12-6-4-5-7-15(12)10-13(2)19-14(3)17-11-16(20)8-9-18(17)21/h4-9,11,13-14,19-21H,10H2,1-3H3. The van der Waals surface area contributed by atoms with Crippen molar-refractivity contribution in [3.63, 3.8) is 0 Å². The molecule has 0 aliphatic rings. The number of aryl methyl sites for hydroxylation is 1. The second-order valence-electron chi connectivity index (χ2n) is 5.66. The Kier molecular flexibility index (Phi) is 4.86. The molecule has 0 heterocycles. The summed E-state index contributed by atoms with van der Waals surface area (Å²) < 4.78 is 0. The molecule has 2 atom stereocenters. The zero-order valence-electron chi connectivity index (χ0n) is 12.8. The van der Waals surface area contributed by atoms with Gasteiger partial charge in [0.1, 0.15) is 11.5 Å². The summed E-state index contributed by atoms with van der Waals surface area (Å²) in [5.74, 6) is 0.374. The molecule has 3 nitrogen and oxygen atoms in total. The van der Waals surface area contributed by atoms with Gasteiger partial charge in [-0.2, -0.15) is 0 Å². The fraction of sp³-hybridized carbons (Fsp3) is 0.333. The number of rotatable bonds is 5. The van der Waals surface area contributed by atoms with Gasteiger partial charge in [0.05, 0.1) is 0 Å². The van der Waals surface area contributed by atoms with Crippen molar-refractivity contribution < 1.29 is 10.2 Å². The molecule has 0 spiro atoms. The first-order valence-electron chi connectivity index (χ1n) is 7.30. The molecule has 0 aromatic heterocycles. The van der Waals surface area contributed by atoms with Gasteiger partial charge < -0.3 is 15.5 Å². The third kappa shape index (κ3) is 3.99. The molecule has 112 valence electrons. The van der Waals surface area contributed by atoms with Crippen LogP contribution in [0.4, 0.5) is 0 Å². The molecule has 0 amide bonds. The normalized spacial score (nSPS) is 13.9. The Hall–Kier alpha value is -2.00. The quantitative estimate of drug-likeness (QED) is 0.734. The maximum atomic E-state index is 9.90. The summed E-state index contributed by atoms with van der Waals surface area (Å²) in [5, 5.41) is 22.9. The van der Waals surface area contributed by atoms with E-state index in [4.69, 9.17) is 0 Å². The second-order valence-corrected chi connectivity index (χ2v) is 5.66. The first-order chi connectivity index (χ1) is 9.97. The molecule has 3 N–H and O–H groups in total. The molecule has 21 heavy (non-hydrogen) atoms. The van der Waals surface area contributed by atoms with Crippen molar-refractivity contribution >= 4 is 0 Å². The highest BCUT2D eigenvalue weighted by Crippen LogP contribution is 2.28. The molecule has 2 aromatic rings. The number of hydrogen-bond acceptors (Lipinski definition) is 3. The van der Waals surface area contributed by atoms with Crippen LogP contribution in [-0.4, -0.2) is 16.3 Å². The molecule has 3 heteroatoms. The summed E-state index contributed by atoms with van der Waals surface area (Å²) in [6, 6.07) is 13.2. The Balaban J connectivity index is 2.04.